The molecule has 0 aliphatic carbocycles. The molecule has 94 valence electrons. The summed E-state index contributed by atoms with van der Waals surface area (Å²) in [7, 11) is 0. The summed E-state index contributed by atoms with van der Waals surface area (Å²) in [6.45, 7) is 1.81. The average Bonchev–Trinajstić information content (AvgIpc) is 2.30. The van der Waals surface area contributed by atoms with Crippen LogP contribution in [-0.4, -0.2) is 19.9 Å². The van der Waals surface area contributed by atoms with Gasteiger partial charge in [-0.2, -0.15) is 0 Å². The fraction of sp³-hybridized carbons (Fsp3) is 0.111. The van der Waals surface area contributed by atoms with Gasteiger partial charge in [0.05, 0.1) is 0 Å². The van der Waals surface area contributed by atoms with Crippen LogP contribution < -0.4 is 22.6 Å². The third kappa shape index (κ3) is 2.57. The van der Waals surface area contributed by atoms with Crippen molar-refractivity contribution in [3.63, 3.8) is 0 Å². The highest BCUT2D eigenvalue weighted by Gasteiger charge is 2.09. The molecule has 0 aliphatic heterocycles. The molecule has 0 amide bonds. The minimum absolute atomic E-state index is 0.158. The summed E-state index contributed by atoms with van der Waals surface area (Å²) in [6, 6.07) is 1.21. The molecule has 6 N–H and O–H groups in total. The normalized spacial score (nSPS) is 10.3. The van der Waals surface area contributed by atoms with E-state index in [4.69, 9.17) is 11.6 Å². The van der Waals surface area contributed by atoms with Crippen molar-refractivity contribution in [3.05, 3.63) is 28.3 Å². The summed E-state index contributed by atoms with van der Waals surface area (Å²) in [5.41, 5.74) is 8.41. The largest absolute Gasteiger partial charge is 0.383 e. The Hall–Kier alpha value is -2.13. The zero-order valence-electron chi connectivity index (χ0n) is 9.47. The van der Waals surface area contributed by atoms with Gasteiger partial charge in [0, 0.05) is 11.6 Å². The van der Waals surface area contributed by atoms with E-state index in [9.17, 15) is 4.79 Å². The Bertz CT molecular complexity index is 627. The highest BCUT2D eigenvalue weighted by atomic mass is 32.2. The highest BCUT2D eigenvalue weighted by Crippen LogP contribution is 2.27. The van der Waals surface area contributed by atoms with Gasteiger partial charge in [-0.1, -0.05) is 0 Å². The summed E-state index contributed by atoms with van der Waals surface area (Å²) in [4.78, 5) is 25.9. The molecule has 9 heteroatoms. The van der Waals surface area contributed by atoms with Gasteiger partial charge in [-0.05, 0) is 18.7 Å². The number of anilines is 2. The van der Waals surface area contributed by atoms with E-state index in [0.717, 1.165) is 5.56 Å². The molecular weight excluding hydrogens is 254 g/mol. The predicted molar refractivity (Wildman–Crippen MR) is 68.0 cm³/mol. The molecule has 0 aromatic carbocycles. The van der Waals surface area contributed by atoms with Crippen molar-refractivity contribution < 1.29 is 0 Å². The van der Waals surface area contributed by atoms with Crippen molar-refractivity contribution in [2.24, 2.45) is 5.84 Å². The van der Waals surface area contributed by atoms with Gasteiger partial charge in [-0.3, -0.25) is 4.79 Å². The topological polar surface area (TPSA) is 136 Å². The van der Waals surface area contributed by atoms with Gasteiger partial charge in [0.1, 0.15) is 23.0 Å². The molecule has 2 heterocycles. The van der Waals surface area contributed by atoms with Crippen LogP contribution in [0.15, 0.2) is 27.4 Å². The maximum absolute atomic E-state index is 11.3. The maximum atomic E-state index is 11.3. The number of nitrogen functional groups attached to an aromatic ring is 2. The lowest BCUT2D eigenvalue weighted by Crippen LogP contribution is -2.12. The molecular formula is C9H11N7OS. The molecule has 0 spiro atoms. The van der Waals surface area contributed by atoms with Gasteiger partial charge in [-0.15, -0.1) is 0 Å². The lowest BCUT2D eigenvalue weighted by atomic mass is 10.3. The zero-order valence-corrected chi connectivity index (χ0v) is 10.3. The first kappa shape index (κ1) is 12.3. The SMILES string of the molecule is Cc1c(NN)ncnc1Sc1nc(N)cc(=O)[nH]1. The van der Waals surface area contributed by atoms with Gasteiger partial charge in [0.2, 0.25) is 0 Å². The third-order valence-corrected chi connectivity index (χ3v) is 3.10. The molecule has 2 rings (SSSR count). The number of rotatable bonds is 3. The molecule has 8 nitrogen and oxygen atoms in total. The minimum atomic E-state index is -0.311. The van der Waals surface area contributed by atoms with Crippen LogP contribution in [0, 0.1) is 6.92 Å². The van der Waals surface area contributed by atoms with Crippen molar-refractivity contribution >= 4 is 23.4 Å². The van der Waals surface area contributed by atoms with E-state index in [1.54, 1.807) is 0 Å². The Morgan fingerprint density at radius 3 is 2.89 bits per heavy atom. The summed E-state index contributed by atoms with van der Waals surface area (Å²) in [6.07, 6.45) is 1.37. The molecule has 18 heavy (non-hydrogen) atoms. The Morgan fingerprint density at radius 1 is 1.44 bits per heavy atom. The second-order valence-corrected chi connectivity index (χ2v) is 4.35. The molecule has 2 aromatic rings. The van der Waals surface area contributed by atoms with Gasteiger partial charge in [-0.25, -0.2) is 20.8 Å². The second kappa shape index (κ2) is 5.02. The Balaban J connectivity index is 2.37. The van der Waals surface area contributed by atoms with Gasteiger partial charge in [0.25, 0.3) is 5.56 Å². The Morgan fingerprint density at radius 2 is 2.22 bits per heavy atom. The second-order valence-electron chi connectivity index (χ2n) is 3.37. The number of hydrogen-bond donors (Lipinski definition) is 4. The monoisotopic (exact) mass is 265 g/mol. The quantitative estimate of drug-likeness (QED) is 0.261. The molecule has 0 unspecified atom stereocenters. The van der Waals surface area contributed by atoms with E-state index in [0.29, 0.717) is 16.0 Å². The minimum Gasteiger partial charge on any atom is -0.383 e. The molecule has 0 radical (unpaired) electrons. The summed E-state index contributed by atoms with van der Waals surface area (Å²) >= 11 is 1.18. The first-order valence-corrected chi connectivity index (χ1v) is 5.74. The van der Waals surface area contributed by atoms with Crippen LogP contribution in [0.2, 0.25) is 0 Å². The first-order chi connectivity index (χ1) is 8.60. The van der Waals surface area contributed by atoms with E-state index in [1.807, 2.05) is 6.92 Å². The number of hydrogen-bond acceptors (Lipinski definition) is 8. The summed E-state index contributed by atoms with van der Waals surface area (Å²) in [5, 5.41) is 0.997. The number of aromatic amines is 1. The van der Waals surface area contributed by atoms with Crippen LogP contribution in [0.5, 0.6) is 0 Å². The number of nitrogens with zero attached hydrogens (tertiary/aromatic N) is 3. The number of nitrogens with two attached hydrogens (primary N) is 2. The van der Waals surface area contributed by atoms with E-state index in [1.165, 1.54) is 24.2 Å². The number of nitrogens with one attached hydrogen (secondary N) is 2. The van der Waals surface area contributed by atoms with E-state index in [2.05, 4.69) is 25.4 Å². The van der Waals surface area contributed by atoms with Crippen LogP contribution in [0.25, 0.3) is 0 Å². The molecule has 0 aliphatic rings. The lowest BCUT2D eigenvalue weighted by Gasteiger charge is -2.07. The van der Waals surface area contributed by atoms with Crippen LogP contribution in [0.1, 0.15) is 5.56 Å². The van der Waals surface area contributed by atoms with Gasteiger partial charge in [0.15, 0.2) is 5.16 Å². The van der Waals surface area contributed by atoms with Crippen molar-refractivity contribution in [1.29, 1.82) is 0 Å². The molecule has 0 bridgehead atoms. The highest BCUT2D eigenvalue weighted by molar-refractivity contribution is 7.99. The van der Waals surface area contributed by atoms with Crippen LogP contribution in [0.3, 0.4) is 0 Å². The number of aromatic nitrogens is 4. The molecule has 2 aromatic heterocycles. The van der Waals surface area contributed by atoms with Crippen molar-refractivity contribution in [2.75, 3.05) is 11.2 Å². The summed E-state index contributed by atoms with van der Waals surface area (Å²) in [5.74, 6) is 5.99. The van der Waals surface area contributed by atoms with Crippen LogP contribution in [0.4, 0.5) is 11.6 Å². The fourth-order valence-electron chi connectivity index (χ4n) is 1.28. The average molecular weight is 265 g/mol. The van der Waals surface area contributed by atoms with E-state index >= 15 is 0 Å². The van der Waals surface area contributed by atoms with Gasteiger partial charge >= 0.3 is 0 Å². The van der Waals surface area contributed by atoms with E-state index < -0.39 is 0 Å². The van der Waals surface area contributed by atoms with Crippen molar-refractivity contribution in [2.45, 2.75) is 17.1 Å². The smallest absolute Gasteiger partial charge is 0.253 e. The van der Waals surface area contributed by atoms with Crippen molar-refractivity contribution in [3.8, 4) is 0 Å². The van der Waals surface area contributed by atoms with Gasteiger partial charge < -0.3 is 16.1 Å². The predicted octanol–water partition coefficient (Wildman–Crippen LogP) is -0.113. The first-order valence-electron chi connectivity index (χ1n) is 4.93. The summed E-state index contributed by atoms with van der Waals surface area (Å²) < 4.78 is 0. The Labute approximate surface area is 106 Å². The molecule has 0 fully saturated rings. The zero-order chi connectivity index (χ0) is 13.1. The Kier molecular flexibility index (Phi) is 3.44. The third-order valence-electron chi connectivity index (χ3n) is 2.11. The molecule has 0 saturated heterocycles. The number of hydrazine groups is 1. The van der Waals surface area contributed by atoms with Crippen molar-refractivity contribution in [1.82, 2.24) is 19.9 Å². The number of H-pyrrole nitrogens is 1. The molecule has 0 saturated carbocycles. The standard InChI is InChI=1S/C9H11N7OS/c1-4-7(16-11)12-3-13-8(4)18-9-14-5(10)2-6(17)15-9/h2-3H,11H2,1H3,(H,12,13,16)(H3,10,14,15,17). The van der Waals surface area contributed by atoms with E-state index in [-0.39, 0.29) is 11.4 Å². The van der Waals surface area contributed by atoms with Crippen LogP contribution >= 0.6 is 11.8 Å². The fourth-order valence-corrected chi connectivity index (χ4v) is 2.11. The van der Waals surface area contributed by atoms with Crippen LogP contribution in [-0.2, 0) is 0 Å². The maximum Gasteiger partial charge on any atom is 0.253 e. The lowest BCUT2D eigenvalue weighted by molar-refractivity contribution is 0.930. The molecule has 0 atom stereocenters.